The molecule has 0 unspecified atom stereocenters. The van der Waals surface area contributed by atoms with Gasteiger partial charge in [0.2, 0.25) is 0 Å². The number of ether oxygens (including phenoxy) is 1. The summed E-state index contributed by atoms with van der Waals surface area (Å²) < 4.78 is 41.4. The van der Waals surface area contributed by atoms with Crippen LogP contribution >= 0.6 is 0 Å². The van der Waals surface area contributed by atoms with E-state index in [0.29, 0.717) is 12.5 Å². The molecule has 0 aromatic carbocycles. The number of morpholine rings is 1. The van der Waals surface area contributed by atoms with E-state index in [-0.39, 0.29) is 6.54 Å². The van der Waals surface area contributed by atoms with Gasteiger partial charge < -0.3 is 15.4 Å². The van der Waals surface area contributed by atoms with Gasteiger partial charge in [0.25, 0.3) is 0 Å². The third-order valence-corrected chi connectivity index (χ3v) is 3.22. The van der Waals surface area contributed by atoms with Gasteiger partial charge in [0.1, 0.15) is 0 Å². The number of hydrogen-bond donors (Lipinski definition) is 2. The van der Waals surface area contributed by atoms with Crippen molar-refractivity contribution in [2.45, 2.75) is 25.4 Å². The van der Waals surface area contributed by atoms with Crippen molar-refractivity contribution < 1.29 is 17.9 Å². The van der Waals surface area contributed by atoms with Crippen molar-refractivity contribution in [3.05, 3.63) is 0 Å². The second kappa shape index (κ2) is 9.83. The molecule has 0 aromatic heterocycles. The fraction of sp³-hybridized carbons (Fsp3) is 0.923. The lowest BCUT2D eigenvalue weighted by molar-refractivity contribution is -0.132. The van der Waals surface area contributed by atoms with Gasteiger partial charge in [0.15, 0.2) is 5.96 Å². The predicted molar refractivity (Wildman–Crippen MR) is 76.5 cm³/mol. The SMILES string of the molecule is CN=C(NCCCCN1CCOCC1)NCCC(F)(F)F. The van der Waals surface area contributed by atoms with Crippen LogP contribution in [0.5, 0.6) is 0 Å². The Morgan fingerprint density at radius 1 is 1.14 bits per heavy atom. The molecule has 0 bridgehead atoms. The van der Waals surface area contributed by atoms with Gasteiger partial charge in [-0.3, -0.25) is 9.89 Å². The van der Waals surface area contributed by atoms with Crippen molar-refractivity contribution in [2.75, 3.05) is 53.0 Å². The van der Waals surface area contributed by atoms with E-state index in [0.717, 1.165) is 45.7 Å². The zero-order valence-electron chi connectivity index (χ0n) is 12.5. The Bertz CT molecular complexity index is 304. The predicted octanol–water partition coefficient (Wildman–Crippen LogP) is 1.22. The average molecular weight is 310 g/mol. The Hall–Kier alpha value is -1.02. The summed E-state index contributed by atoms with van der Waals surface area (Å²) in [6.45, 7) is 5.14. The van der Waals surface area contributed by atoms with Gasteiger partial charge in [-0.1, -0.05) is 0 Å². The lowest BCUT2D eigenvalue weighted by atomic mass is 10.3. The summed E-state index contributed by atoms with van der Waals surface area (Å²) in [5.74, 6) is 0.422. The Morgan fingerprint density at radius 2 is 1.81 bits per heavy atom. The van der Waals surface area contributed by atoms with Crippen LogP contribution in [0.4, 0.5) is 13.2 Å². The van der Waals surface area contributed by atoms with Crippen LogP contribution in [0.15, 0.2) is 4.99 Å². The van der Waals surface area contributed by atoms with Gasteiger partial charge in [0, 0.05) is 33.2 Å². The summed E-state index contributed by atoms with van der Waals surface area (Å²) >= 11 is 0. The van der Waals surface area contributed by atoms with Crippen molar-refractivity contribution in [1.82, 2.24) is 15.5 Å². The number of rotatable bonds is 7. The van der Waals surface area contributed by atoms with Crippen molar-refractivity contribution in [3.8, 4) is 0 Å². The molecule has 1 heterocycles. The lowest BCUT2D eigenvalue weighted by Gasteiger charge is -2.26. The molecular weight excluding hydrogens is 285 g/mol. The molecular formula is C13H25F3N4O. The lowest BCUT2D eigenvalue weighted by Crippen LogP contribution is -2.40. The minimum atomic E-state index is -4.13. The van der Waals surface area contributed by atoms with Gasteiger partial charge in [-0.05, 0) is 19.4 Å². The van der Waals surface area contributed by atoms with Crippen molar-refractivity contribution in [3.63, 3.8) is 0 Å². The molecule has 1 saturated heterocycles. The molecule has 8 heteroatoms. The van der Waals surface area contributed by atoms with Crippen molar-refractivity contribution in [1.29, 1.82) is 0 Å². The molecule has 2 N–H and O–H groups in total. The van der Waals surface area contributed by atoms with Gasteiger partial charge in [-0.2, -0.15) is 13.2 Å². The summed E-state index contributed by atoms with van der Waals surface area (Å²) in [6, 6.07) is 0. The number of hydrogen-bond acceptors (Lipinski definition) is 3. The summed E-state index contributed by atoms with van der Waals surface area (Å²) in [4.78, 5) is 6.26. The van der Waals surface area contributed by atoms with Gasteiger partial charge >= 0.3 is 6.18 Å². The van der Waals surface area contributed by atoms with Gasteiger partial charge in [-0.25, -0.2) is 0 Å². The zero-order valence-corrected chi connectivity index (χ0v) is 12.5. The highest BCUT2D eigenvalue weighted by Crippen LogP contribution is 2.17. The van der Waals surface area contributed by atoms with E-state index in [1.165, 1.54) is 0 Å². The Labute approximate surface area is 123 Å². The molecule has 0 amide bonds. The third kappa shape index (κ3) is 9.52. The number of alkyl halides is 3. The minimum Gasteiger partial charge on any atom is -0.379 e. The largest absolute Gasteiger partial charge is 0.390 e. The quantitative estimate of drug-likeness (QED) is 0.422. The van der Waals surface area contributed by atoms with E-state index >= 15 is 0 Å². The van der Waals surface area contributed by atoms with E-state index in [2.05, 4.69) is 20.5 Å². The van der Waals surface area contributed by atoms with E-state index in [1.54, 1.807) is 7.05 Å². The molecule has 0 radical (unpaired) electrons. The van der Waals surface area contributed by atoms with Crippen LogP contribution in [0.25, 0.3) is 0 Å². The molecule has 124 valence electrons. The molecule has 0 aromatic rings. The first-order valence-electron chi connectivity index (χ1n) is 7.32. The topological polar surface area (TPSA) is 48.9 Å². The number of nitrogens with one attached hydrogen (secondary N) is 2. The van der Waals surface area contributed by atoms with E-state index < -0.39 is 12.6 Å². The fourth-order valence-electron chi connectivity index (χ4n) is 2.04. The number of halogens is 3. The highest BCUT2D eigenvalue weighted by Gasteiger charge is 2.26. The summed E-state index contributed by atoms with van der Waals surface area (Å²) in [5.41, 5.74) is 0. The summed E-state index contributed by atoms with van der Waals surface area (Å²) in [7, 11) is 1.55. The normalized spacial score (nSPS) is 17.8. The molecule has 1 fully saturated rings. The Morgan fingerprint density at radius 3 is 2.43 bits per heavy atom. The minimum absolute atomic E-state index is 0.156. The molecule has 0 spiro atoms. The van der Waals surface area contributed by atoms with Crippen LogP contribution in [-0.4, -0.2) is 70.0 Å². The number of unbranched alkanes of at least 4 members (excludes halogenated alkanes) is 1. The maximum atomic E-state index is 12.0. The van der Waals surface area contributed by atoms with Crippen LogP contribution in [-0.2, 0) is 4.74 Å². The van der Waals surface area contributed by atoms with E-state index in [1.807, 2.05) is 0 Å². The summed E-state index contributed by atoms with van der Waals surface area (Å²) in [6.07, 6.45) is -2.99. The van der Waals surface area contributed by atoms with Crippen LogP contribution < -0.4 is 10.6 Å². The Balaban J connectivity index is 2.01. The molecule has 0 atom stereocenters. The van der Waals surface area contributed by atoms with Gasteiger partial charge in [-0.15, -0.1) is 0 Å². The zero-order chi connectivity index (χ0) is 15.6. The van der Waals surface area contributed by atoms with Crippen LogP contribution in [0.3, 0.4) is 0 Å². The molecule has 0 saturated carbocycles. The first-order chi connectivity index (χ1) is 10.0. The monoisotopic (exact) mass is 310 g/mol. The second-order valence-corrected chi connectivity index (χ2v) is 4.95. The highest BCUT2D eigenvalue weighted by atomic mass is 19.4. The van der Waals surface area contributed by atoms with E-state index in [9.17, 15) is 13.2 Å². The molecule has 0 aliphatic carbocycles. The van der Waals surface area contributed by atoms with Crippen LogP contribution in [0, 0.1) is 0 Å². The number of nitrogens with zero attached hydrogens (tertiary/aromatic N) is 2. The van der Waals surface area contributed by atoms with Crippen LogP contribution in [0.2, 0.25) is 0 Å². The van der Waals surface area contributed by atoms with E-state index in [4.69, 9.17) is 4.74 Å². The van der Waals surface area contributed by atoms with Crippen LogP contribution in [0.1, 0.15) is 19.3 Å². The maximum absolute atomic E-state index is 12.0. The smallest absolute Gasteiger partial charge is 0.379 e. The second-order valence-electron chi connectivity index (χ2n) is 4.95. The summed E-state index contributed by atoms with van der Waals surface area (Å²) in [5, 5.41) is 5.68. The maximum Gasteiger partial charge on any atom is 0.390 e. The first-order valence-corrected chi connectivity index (χ1v) is 7.32. The molecule has 21 heavy (non-hydrogen) atoms. The van der Waals surface area contributed by atoms with Crippen molar-refractivity contribution >= 4 is 5.96 Å². The molecule has 1 aliphatic heterocycles. The molecule has 1 rings (SSSR count). The average Bonchev–Trinajstić information content (AvgIpc) is 2.45. The highest BCUT2D eigenvalue weighted by molar-refractivity contribution is 5.79. The van der Waals surface area contributed by atoms with Crippen molar-refractivity contribution in [2.24, 2.45) is 4.99 Å². The number of guanidine groups is 1. The molecule has 1 aliphatic rings. The standard InChI is InChI=1S/C13H25F3N4O/c1-17-12(19-6-4-13(14,15)16)18-5-2-3-7-20-8-10-21-11-9-20/h2-11H2,1H3,(H2,17,18,19). The van der Waals surface area contributed by atoms with Gasteiger partial charge in [0.05, 0.1) is 19.6 Å². The first kappa shape index (κ1) is 18.0. The third-order valence-electron chi connectivity index (χ3n) is 3.22. The molecule has 5 nitrogen and oxygen atoms in total. The Kier molecular flexibility index (Phi) is 8.44. The fourth-order valence-corrected chi connectivity index (χ4v) is 2.04. The number of aliphatic imine (C=N–C) groups is 1.